The van der Waals surface area contributed by atoms with Crippen LogP contribution in [0.2, 0.25) is 0 Å². The van der Waals surface area contributed by atoms with Crippen LogP contribution in [0.1, 0.15) is 44.1 Å². The van der Waals surface area contributed by atoms with Gasteiger partial charge in [-0.15, -0.1) is 0 Å². The molecule has 3 heterocycles. The quantitative estimate of drug-likeness (QED) is 0.0665. The zero-order valence-electron chi connectivity index (χ0n) is 27.6. The SMILES string of the molecule is Cc1ccnc(-c2cc(NC(=O)CCCC(=O)NC(CS(=O)(=O)O)C(=O)NCCCCC(=O)NCCOCCN3C(=O)C=CC3=O)ccn2)c1. The summed E-state index contributed by atoms with van der Waals surface area (Å²) in [5, 5.41) is 10.2. The Hall–Kier alpha value is -5.07. The fourth-order valence-corrected chi connectivity index (χ4v) is 5.28. The monoisotopic (exact) mass is 715 g/mol. The number of carbonyl (C=O) groups is 6. The molecule has 0 aliphatic carbocycles. The Bertz CT molecular complexity index is 1660. The summed E-state index contributed by atoms with van der Waals surface area (Å²) in [5.74, 6) is -3.99. The van der Waals surface area contributed by atoms with Crippen molar-refractivity contribution in [1.29, 1.82) is 0 Å². The molecule has 0 radical (unpaired) electrons. The highest BCUT2D eigenvalue weighted by Gasteiger charge is 2.26. The van der Waals surface area contributed by atoms with Gasteiger partial charge >= 0.3 is 0 Å². The van der Waals surface area contributed by atoms with Crippen LogP contribution < -0.4 is 21.3 Å². The Kier molecular flexibility index (Phi) is 15.6. The molecule has 5 N–H and O–H groups in total. The molecule has 2 aromatic rings. The van der Waals surface area contributed by atoms with Crippen molar-refractivity contribution in [2.24, 2.45) is 0 Å². The van der Waals surface area contributed by atoms with Gasteiger partial charge in [-0.2, -0.15) is 8.42 Å². The number of aryl methyl sites for hydroxylation is 1. The number of pyridine rings is 2. The van der Waals surface area contributed by atoms with Crippen molar-refractivity contribution in [3.05, 3.63) is 54.4 Å². The van der Waals surface area contributed by atoms with Gasteiger partial charge in [0.25, 0.3) is 21.9 Å². The van der Waals surface area contributed by atoms with E-state index in [-0.39, 0.29) is 70.3 Å². The fourth-order valence-electron chi connectivity index (χ4n) is 4.62. The number of hydrogen-bond acceptors (Lipinski definition) is 11. The number of carbonyl (C=O) groups excluding carboxylic acids is 6. The lowest BCUT2D eigenvalue weighted by Gasteiger charge is -2.17. The van der Waals surface area contributed by atoms with E-state index < -0.39 is 45.5 Å². The first-order valence-electron chi connectivity index (χ1n) is 15.9. The molecule has 6 amide bonds. The van der Waals surface area contributed by atoms with Crippen LogP contribution in [0, 0.1) is 6.92 Å². The zero-order valence-corrected chi connectivity index (χ0v) is 28.4. The summed E-state index contributed by atoms with van der Waals surface area (Å²) < 4.78 is 37.6. The van der Waals surface area contributed by atoms with Gasteiger partial charge in [0.2, 0.25) is 23.6 Å². The summed E-state index contributed by atoms with van der Waals surface area (Å²) in [6, 6.07) is 5.43. The summed E-state index contributed by atoms with van der Waals surface area (Å²) in [6.45, 7) is 2.64. The summed E-state index contributed by atoms with van der Waals surface area (Å²) in [5.41, 5.74) is 2.71. The maximum absolute atomic E-state index is 12.6. The van der Waals surface area contributed by atoms with Crippen LogP contribution in [0.15, 0.2) is 48.8 Å². The summed E-state index contributed by atoms with van der Waals surface area (Å²) in [7, 11) is -4.63. The number of nitrogens with one attached hydrogen (secondary N) is 4. The standard InChI is InChI=1S/C32H41N7O10S/c1-22-10-13-33-24(19-22)25-20-23(11-14-34-25)37-28(41)6-4-7-29(42)38-26(21-50(46,47)48)32(45)36-12-3-2-5-27(40)35-15-17-49-18-16-39-30(43)8-9-31(39)44/h8-11,13-14,19-20,26H,2-7,12,15-18,21H2,1H3,(H,35,40)(H,36,45)(H,38,42)(H,34,37,41)(H,46,47,48). The summed E-state index contributed by atoms with van der Waals surface area (Å²) >= 11 is 0. The maximum atomic E-state index is 12.6. The lowest BCUT2D eigenvalue weighted by Crippen LogP contribution is -2.50. The number of ether oxygens (including phenoxy) is 1. The van der Waals surface area contributed by atoms with Crippen molar-refractivity contribution in [2.45, 2.75) is 51.5 Å². The molecule has 0 fully saturated rings. The van der Waals surface area contributed by atoms with E-state index in [9.17, 15) is 41.7 Å². The fraction of sp³-hybridized carbons (Fsp3) is 0.438. The predicted octanol–water partition coefficient (Wildman–Crippen LogP) is 0.278. The van der Waals surface area contributed by atoms with Gasteiger partial charge in [0, 0.05) is 62.6 Å². The molecule has 1 aliphatic rings. The molecule has 0 aromatic carbocycles. The van der Waals surface area contributed by atoms with E-state index in [1.807, 2.05) is 19.1 Å². The third-order valence-corrected chi connectivity index (χ3v) is 7.87. The smallest absolute Gasteiger partial charge is 0.267 e. The number of amides is 6. The van der Waals surface area contributed by atoms with E-state index in [0.29, 0.717) is 29.9 Å². The van der Waals surface area contributed by atoms with Crippen LogP contribution in [0.5, 0.6) is 0 Å². The average Bonchev–Trinajstić information content (AvgIpc) is 3.37. The highest BCUT2D eigenvalue weighted by molar-refractivity contribution is 7.85. The normalized spacial score (nSPS) is 13.2. The zero-order chi connectivity index (χ0) is 36.5. The van der Waals surface area contributed by atoms with Gasteiger partial charge in [-0.3, -0.25) is 48.2 Å². The van der Waals surface area contributed by atoms with Gasteiger partial charge in [-0.05, 0) is 56.0 Å². The predicted molar refractivity (Wildman–Crippen MR) is 180 cm³/mol. The lowest BCUT2D eigenvalue weighted by atomic mass is 10.2. The molecule has 18 heteroatoms. The number of anilines is 1. The van der Waals surface area contributed by atoms with Gasteiger partial charge < -0.3 is 26.0 Å². The molecule has 3 rings (SSSR count). The molecule has 2 aromatic heterocycles. The van der Waals surface area contributed by atoms with Crippen molar-refractivity contribution >= 4 is 51.2 Å². The summed E-state index contributed by atoms with van der Waals surface area (Å²) in [6.07, 6.45) is 6.33. The summed E-state index contributed by atoms with van der Waals surface area (Å²) in [4.78, 5) is 82.1. The van der Waals surface area contributed by atoms with Crippen molar-refractivity contribution in [3.63, 3.8) is 0 Å². The Morgan fingerprint density at radius 1 is 0.840 bits per heavy atom. The van der Waals surface area contributed by atoms with Gasteiger partial charge in [0.05, 0.1) is 31.1 Å². The topological polar surface area (TPSA) is 243 Å². The van der Waals surface area contributed by atoms with E-state index in [1.54, 1.807) is 18.3 Å². The van der Waals surface area contributed by atoms with Gasteiger partial charge in [0.15, 0.2) is 0 Å². The number of hydrogen-bond donors (Lipinski definition) is 5. The molecule has 270 valence electrons. The first-order chi connectivity index (χ1) is 23.8. The molecular formula is C32H41N7O10S. The third kappa shape index (κ3) is 14.6. The average molecular weight is 716 g/mol. The van der Waals surface area contributed by atoms with Crippen LogP contribution in [-0.2, 0) is 43.6 Å². The Morgan fingerprint density at radius 3 is 2.20 bits per heavy atom. The van der Waals surface area contributed by atoms with E-state index in [4.69, 9.17) is 4.74 Å². The third-order valence-electron chi connectivity index (χ3n) is 7.12. The first-order valence-corrected chi connectivity index (χ1v) is 17.5. The Morgan fingerprint density at radius 2 is 1.50 bits per heavy atom. The minimum atomic E-state index is -4.63. The largest absolute Gasteiger partial charge is 0.378 e. The van der Waals surface area contributed by atoms with E-state index in [2.05, 4.69) is 31.2 Å². The van der Waals surface area contributed by atoms with Crippen LogP contribution in [-0.4, -0.2) is 108 Å². The highest BCUT2D eigenvalue weighted by Crippen LogP contribution is 2.19. The molecule has 50 heavy (non-hydrogen) atoms. The lowest BCUT2D eigenvalue weighted by molar-refractivity contribution is -0.137. The molecule has 1 atom stereocenters. The van der Waals surface area contributed by atoms with Gasteiger partial charge in [0.1, 0.15) is 11.8 Å². The number of rotatable bonds is 21. The molecule has 0 spiro atoms. The van der Waals surface area contributed by atoms with Crippen LogP contribution in [0.25, 0.3) is 11.4 Å². The second kappa shape index (κ2) is 19.8. The Labute approximate surface area is 289 Å². The number of imide groups is 1. The van der Waals surface area contributed by atoms with Crippen LogP contribution in [0.4, 0.5) is 5.69 Å². The minimum Gasteiger partial charge on any atom is -0.378 e. The second-order valence-electron chi connectivity index (χ2n) is 11.3. The molecule has 1 unspecified atom stereocenters. The van der Waals surface area contributed by atoms with Crippen molar-refractivity contribution in [2.75, 3.05) is 43.9 Å². The maximum Gasteiger partial charge on any atom is 0.267 e. The number of nitrogens with zero attached hydrogens (tertiary/aromatic N) is 3. The van der Waals surface area contributed by atoms with E-state index in [0.717, 1.165) is 10.5 Å². The first kappa shape index (κ1) is 39.4. The van der Waals surface area contributed by atoms with Gasteiger partial charge in [-0.1, -0.05) is 0 Å². The molecule has 0 saturated heterocycles. The van der Waals surface area contributed by atoms with Crippen molar-refractivity contribution < 1.29 is 46.5 Å². The minimum absolute atomic E-state index is 0.0372. The number of unbranched alkanes of at least 4 members (excludes halogenated alkanes) is 1. The molecule has 17 nitrogen and oxygen atoms in total. The molecule has 0 saturated carbocycles. The van der Waals surface area contributed by atoms with Crippen LogP contribution in [0.3, 0.4) is 0 Å². The Balaban J connectivity index is 1.30. The van der Waals surface area contributed by atoms with Crippen LogP contribution >= 0.6 is 0 Å². The number of aromatic nitrogens is 2. The molecule has 1 aliphatic heterocycles. The van der Waals surface area contributed by atoms with Gasteiger partial charge in [-0.25, -0.2) is 0 Å². The highest BCUT2D eigenvalue weighted by atomic mass is 32.2. The van der Waals surface area contributed by atoms with Crippen molar-refractivity contribution in [1.82, 2.24) is 30.8 Å². The molecular weight excluding hydrogens is 674 g/mol. The van der Waals surface area contributed by atoms with E-state index >= 15 is 0 Å². The van der Waals surface area contributed by atoms with Crippen molar-refractivity contribution in [3.8, 4) is 11.4 Å². The molecule has 0 bridgehead atoms. The second-order valence-corrected chi connectivity index (χ2v) is 12.8. The van der Waals surface area contributed by atoms with E-state index in [1.165, 1.54) is 18.3 Å².